The summed E-state index contributed by atoms with van der Waals surface area (Å²) in [4.78, 5) is 30.4. The topological polar surface area (TPSA) is 77.8 Å². The minimum Gasteiger partial charge on any atom is -0.478 e. The van der Waals surface area contributed by atoms with E-state index in [0.717, 1.165) is 37.9 Å². The predicted octanol–water partition coefficient (Wildman–Crippen LogP) is 3.84. The summed E-state index contributed by atoms with van der Waals surface area (Å²) in [6, 6.07) is 7.31. The third-order valence-electron chi connectivity index (χ3n) is 6.21. The number of piperidine rings is 1. The Labute approximate surface area is 170 Å². The number of likely N-dealkylation sites (tertiary alicyclic amines) is 1. The van der Waals surface area contributed by atoms with Crippen molar-refractivity contribution in [3.63, 3.8) is 0 Å². The van der Waals surface area contributed by atoms with E-state index < -0.39 is 5.97 Å². The van der Waals surface area contributed by atoms with Crippen molar-refractivity contribution in [3.05, 3.63) is 51.4 Å². The van der Waals surface area contributed by atoms with Crippen molar-refractivity contribution in [1.82, 2.24) is 14.3 Å². The highest BCUT2D eigenvalue weighted by Gasteiger charge is 2.25. The molecule has 1 aromatic carbocycles. The lowest BCUT2D eigenvalue weighted by Gasteiger charge is -2.32. The van der Waals surface area contributed by atoms with E-state index in [2.05, 4.69) is 16.8 Å². The minimum atomic E-state index is -0.999. The fourth-order valence-electron chi connectivity index (χ4n) is 4.72. The summed E-state index contributed by atoms with van der Waals surface area (Å²) in [5.74, 6) is -0.457. The van der Waals surface area contributed by atoms with Crippen molar-refractivity contribution in [1.29, 1.82) is 0 Å². The zero-order chi connectivity index (χ0) is 20.5. The van der Waals surface area contributed by atoms with Gasteiger partial charge in [-0.3, -0.25) is 9.20 Å². The van der Waals surface area contributed by atoms with Gasteiger partial charge in [0.2, 0.25) is 0 Å². The van der Waals surface area contributed by atoms with Crippen LogP contribution in [0, 0.1) is 12.8 Å². The molecule has 3 heterocycles. The molecule has 3 aromatic rings. The average Bonchev–Trinajstić information content (AvgIpc) is 3.03. The molecule has 6 nitrogen and oxygen atoms in total. The first-order chi connectivity index (χ1) is 14.0. The van der Waals surface area contributed by atoms with Crippen molar-refractivity contribution in [3.8, 4) is 0 Å². The maximum absolute atomic E-state index is 12.6. The number of carbonyl (C=O) groups is 1. The summed E-state index contributed by atoms with van der Waals surface area (Å²) in [7, 11) is 0. The number of hydrogen-bond donors (Lipinski definition) is 2. The van der Waals surface area contributed by atoms with E-state index in [1.807, 2.05) is 18.2 Å². The Hall–Kier alpha value is -2.60. The lowest BCUT2D eigenvalue weighted by molar-refractivity contribution is 0.0700. The molecule has 6 heteroatoms. The van der Waals surface area contributed by atoms with Gasteiger partial charge in [-0.1, -0.05) is 25.5 Å². The molecule has 1 aliphatic heterocycles. The maximum Gasteiger partial charge on any atom is 0.340 e. The molecule has 0 aliphatic carbocycles. The number of rotatable bonds is 6. The molecule has 0 atom stereocenters. The van der Waals surface area contributed by atoms with Crippen LogP contribution in [0.2, 0.25) is 0 Å². The molecule has 0 saturated carbocycles. The fraction of sp³-hybridized carbons (Fsp3) is 0.478. The van der Waals surface area contributed by atoms with Crippen molar-refractivity contribution in [2.45, 2.75) is 46.0 Å². The Bertz CT molecular complexity index is 1100. The second-order valence-corrected chi connectivity index (χ2v) is 8.31. The molecule has 1 fully saturated rings. The molecule has 0 bridgehead atoms. The van der Waals surface area contributed by atoms with Crippen LogP contribution >= 0.6 is 0 Å². The van der Waals surface area contributed by atoms with Gasteiger partial charge in [0.25, 0.3) is 5.56 Å². The van der Waals surface area contributed by atoms with Gasteiger partial charge in [0.1, 0.15) is 11.2 Å². The van der Waals surface area contributed by atoms with Crippen LogP contribution in [-0.2, 0) is 6.42 Å². The average molecular weight is 396 g/mol. The Morgan fingerprint density at radius 1 is 1.28 bits per heavy atom. The standard InChI is InChI=1S/C23H29N3O3/c1-3-4-10-25-11-8-16(9-12-25)14-17-6-5-7-18-20(17)21(23(28)29)22-24-15(2)13-19(27)26(18)22/h5-7,13,16,24H,3-4,8-12,14H2,1-2H3,(H,28,29). The zero-order valence-corrected chi connectivity index (χ0v) is 17.2. The van der Waals surface area contributed by atoms with Crippen molar-refractivity contribution in [2.75, 3.05) is 19.6 Å². The number of aromatic nitrogens is 2. The Balaban J connectivity index is 1.72. The lowest BCUT2D eigenvalue weighted by atomic mass is 9.88. The van der Waals surface area contributed by atoms with E-state index in [1.54, 1.807) is 6.92 Å². The number of nitrogens with one attached hydrogen (secondary N) is 1. The van der Waals surface area contributed by atoms with Gasteiger partial charge in [0, 0.05) is 17.1 Å². The van der Waals surface area contributed by atoms with Gasteiger partial charge in [-0.2, -0.15) is 0 Å². The van der Waals surface area contributed by atoms with Gasteiger partial charge < -0.3 is 15.0 Å². The molecular formula is C23H29N3O3. The second kappa shape index (κ2) is 8.03. The highest BCUT2D eigenvalue weighted by molar-refractivity contribution is 6.11. The van der Waals surface area contributed by atoms with Crippen LogP contribution in [0.3, 0.4) is 0 Å². The van der Waals surface area contributed by atoms with Crippen LogP contribution in [0.15, 0.2) is 29.1 Å². The smallest absolute Gasteiger partial charge is 0.340 e. The predicted molar refractivity (Wildman–Crippen MR) is 115 cm³/mol. The van der Waals surface area contributed by atoms with Crippen LogP contribution in [0.4, 0.5) is 0 Å². The van der Waals surface area contributed by atoms with E-state index in [1.165, 1.54) is 29.9 Å². The molecule has 29 heavy (non-hydrogen) atoms. The monoisotopic (exact) mass is 395 g/mol. The Morgan fingerprint density at radius 2 is 2.03 bits per heavy atom. The highest BCUT2D eigenvalue weighted by atomic mass is 16.4. The van der Waals surface area contributed by atoms with Gasteiger partial charge >= 0.3 is 5.97 Å². The second-order valence-electron chi connectivity index (χ2n) is 8.31. The minimum absolute atomic E-state index is 0.199. The summed E-state index contributed by atoms with van der Waals surface area (Å²) in [5.41, 5.74) is 2.75. The number of nitrogens with zero attached hydrogens (tertiary/aromatic N) is 2. The third-order valence-corrected chi connectivity index (χ3v) is 6.21. The number of benzene rings is 1. The van der Waals surface area contributed by atoms with E-state index in [4.69, 9.17) is 0 Å². The Kier molecular flexibility index (Phi) is 5.46. The van der Waals surface area contributed by atoms with E-state index in [9.17, 15) is 14.7 Å². The molecule has 2 aromatic heterocycles. The van der Waals surface area contributed by atoms with Crippen LogP contribution < -0.4 is 5.56 Å². The van der Waals surface area contributed by atoms with Crippen molar-refractivity contribution in [2.24, 2.45) is 5.92 Å². The third kappa shape index (κ3) is 3.69. The molecule has 1 saturated heterocycles. The van der Waals surface area contributed by atoms with Gasteiger partial charge in [-0.25, -0.2) is 4.79 Å². The molecule has 0 amide bonds. The van der Waals surface area contributed by atoms with Crippen molar-refractivity contribution >= 4 is 22.5 Å². The SMILES string of the molecule is CCCCN1CCC(Cc2cccc3c2c(C(=O)O)c2[nH]c(C)cc(=O)n23)CC1. The largest absolute Gasteiger partial charge is 0.478 e. The molecule has 4 rings (SSSR count). The van der Waals surface area contributed by atoms with Crippen LogP contribution in [0.25, 0.3) is 16.6 Å². The number of unbranched alkanes of at least 4 members (excludes halogenated alkanes) is 1. The molecule has 0 spiro atoms. The fourth-order valence-corrected chi connectivity index (χ4v) is 4.72. The summed E-state index contributed by atoms with van der Waals surface area (Å²) in [6.45, 7) is 7.40. The normalized spacial score (nSPS) is 16.1. The van der Waals surface area contributed by atoms with Gasteiger partial charge in [0.05, 0.1) is 5.52 Å². The molecular weight excluding hydrogens is 366 g/mol. The van der Waals surface area contributed by atoms with E-state index in [0.29, 0.717) is 28.2 Å². The molecule has 154 valence electrons. The van der Waals surface area contributed by atoms with E-state index >= 15 is 0 Å². The Morgan fingerprint density at radius 3 is 2.72 bits per heavy atom. The van der Waals surface area contributed by atoms with Crippen molar-refractivity contribution < 1.29 is 9.90 Å². The van der Waals surface area contributed by atoms with Gasteiger partial charge in [-0.15, -0.1) is 0 Å². The molecule has 2 N–H and O–H groups in total. The van der Waals surface area contributed by atoms with Gasteiger partial charge in [0.15, 0.2) is 0 Å². The summed E-state index contributed by atoms with van der Waals surface area (Å²) in [5, 5.41) is 10.7. The number of carboxylic acids is 1. The van der Waals surface area contributed by atoms with Crippen LogP contribution in [0.1, 0.15) is 54.2 Å². The maximum atomic E-state index is 12.6. The first kappa shape index (κ1) is 19.7. The van der Waals surface area contributed by atoms with E-state index in [-0.39, 0.29) is 11.1 Å². The van der Waals surface area contributed by atoms with Crippen LogP contribution in [0.5, 0.6) is 0 Å². The first-order valence-electron chi connectivity index (χ1n) is 10.6. The first-order valence-corrected chi connectivity index (χ1v) is 10.6. The molecule has 1 aliphatic rings. The number of aromatic carboxylic acids is 1. The number of aryl methyl sites for hydroxylation is 1. The molecule has 0 unspecified atom stereocenters. The highest BCUT2D eigenvalue weighted by Crippen LogP contribution is 2.31. The number of hydrogen-bond acceptors (Lipinski definition) is 3. The summed E-state index contributed by atoms with van der Waals surface area (Å²) in [6.07, 6.45) is 5.59. The quantitative estimate of drug-likeness (QED) is 0.665. The number of fused-ring (bicyclic) bond motifs is 3. The number of H-pyrrole nitrogens is 1. The number of carboxylic acid groups (broad SMARTS) is 1. The summed E-state index contributed by atoms with van der Waals surface area (Å²) < 4.78 is 1.50. The summed E-state index contributed by atoms with van der Waals surface area (Å²) >= 11 is 0. The van der Waals surface area contributed by atoms with Crippen LogP contribution in [-0.4, -0.2) is 45.0 Å². The zero-order valence-electron chi connectivity index (χ0n) is 17.2. The van der Waals surface area contributed by atoms with Gasteiger partial charge in [-0.05, 0) is 69.8 Å². The number of aromatic amines is 1. The molecule has 0 radical (unpaired) electrons. The lowest BCUT2D eigenvalue weighted by Crippen LogP contribution is -2.35.